The Morgan fingerprint density at radius 2 is 2.05 bits per heavy atom. The topological polar surface area (TPSA) is 41.6 Å². The van der Waals surface area contributed by atoms with Crippen molar-refractivity contribution in [3.8, 4) is 11.5 Å². The van der Waals surface area contributed by atoms with Gasteiger partial charge < -0.3 is 4.98 Å². The fourth-order valence-electron chi connectivity index (χ4n) is 2.47. The molecule has 98 valence electrons. The van der Waals surface area contributed by atoms with Crippen molar-refractivity contribution in [1.29, 1.82) is 0 Å². The lowest BCUT2D eigenvalue weighted by atomic mass is 10.1. The van der Waals surface area contributed by atoms with Gasteiger partial charge in [-0.3, -0.25) is 4.98 Å². The molecule has 19 heavy (non-hydrogen) atoms. The van der Waals surface area contributed by atoms with E-state index in [1.54, 1.807) is 6.20 Å². The fraction of sp³-hybridized carbons (Fsp3) is 0.357. The number of aromatic nitrogens is 3. The summed E-state index contributed by atoms with van der Waals surface area (Å²) in [6.07, 6.45) is 7.55. The van der Waals surface area contributed by atoms with Gasteiger partial charge in [0.25, 0.3) is 0 Å². The molecule has 1 aliphatic carbocycles. The highest BCUT2D eigenvalue weighted by atomic mass is 79.9. The molecule has 1 aliphatic rings. The highest BCUT2D eigenvalue weighted by Gasteiger charge is 2.14. The van der Waals surface area contributed by atoms with Crippen molar-refractivity contribution in [2.24, 2.45) is 0 Å². The zero-order valence-corrected chi connectivity index (χ0v) is 12.9. The molecule has 0 saturated heterocycles. The Balaban J connectivity index is 2.15. The Morgan fingerprint density at radius 1 is 1.21 bits per heavy atom. The average Bonchev–Trinajstić information content (AvgIpc) is 2.65. The molecule has 0 bridgehead atoms. The second-order valence-electron chi connectivity index (χ2n) is 4.74. The van der Waals surface area contributed by atoms with Crippen LogP contribution in [0.1, 0.15) is 30.5 Å². The number of nitrogens with one attached hydrogen (secondary N) is 1. The summed E-state index contributed by atoms with van der Waals surface area (Å²) < 4.78 is 1.66. The second kappa shape index (κ2) is 5.51. The molecule has 5 heteroatoms. The van der Waals surface area contributed by atoms with Crippen molar-refractivity contribution in [3.63, 3.8) is 0 Å². The maximum atomic E-state index is 5.46. The van der Waals surface area contributed by atoms with Gasteiger partial charge in [-0.15, -0.1) is 0 Å². The van der Waals surface area contributed by atoms with Crippen LogP contribution < -0.4 is 0 Å². The predicted octanol–water partition coefficient (Wildman–Crippen LogP) is 4.23. The lowest BCUT2D eigenvalue weighted by Gasteiger charge is -2.09. The smallest absolute Gasteiger partial charge is 0.159 e. The van der Waals surface area contributed by atoms with Gasteiger partial charge in [0, 0.05) is 21.9 Å². The first-order valence-electron chi connectivity index (χ1n) is 6.48. The summed E-state index contributed by atoms with van der Waals surface area (Å²) in [5.41, 5.74) is 3.29. The molecule has 0 fully saturated rings. The molecule has 0 atom stereocenters. The van der Waals surface area contributed by atoms with E-state index in [-0.39, 0.29) is 0 Å². The van der Waals surface area contributed by atoms with Crippen LogP contribution in [0.3, 0.4) is 0 Å². The molecule has 2 aromatic rings. The lowest BCUT2D eigenvalue weighted by molar-refractivity contribution is 0.708. The molecule has 2 aromatic heterocycles. The van der Waals surface area contributed by atoms with E-state index < -0.39 is 0 Å². The highest BCUT2D eigenvalue weighted by Crippen LogP contribution is 2.26. The van der Waals surface area contributed by atoms with E-state index >= 15 is 0 Å². The summed E-state index contributed by atoms with van der Waals surface area (Å²) in [5, 5.41) is 0. The van der Waals surface area contributed by atoms with Gasteiger partial charge in [0.05, 0.1) is 0 Å². The molecule has 0 aliphatic heterocycles. The largest absolute Gasteiger partial charge is 0.342 e. The molecular formula is C14H14BrN3S. The summed E-state index contributed by atoms with van der Waals surface area (Å²) >= 11 is 8.97. The molecule has 0 spiro atoms. The van der Waals surface area contributed by atoms with Crippen molar-refractivity contribution < 1.29 is 0 Å². The van der Waals surface area contributed by atoms with E-state index in [9.17, 15) is 0 Å². The summed E-state index contributed by atoms with van der Waals surface area (Å²) in [5.74, 6) is 0.762. The summed E-state index contributed by atoms with van der Waals surface area (Å²) in [7, 11) is 0. The van der Waals surface area contributed by atoms with Crippen molar-refractivity contribution in [2.45, 2.75) is 32.1 Å². The van der Waals surface area contributed by atoms with Gasteiger partial charge >= 0.3 is 0 Å². The van der Waals surface area contributed by atoms with E-state index in [2.05, 4.69) is 30.9 Å². The second-order valence-corrected chi connectivity index (χ2v) is 5.98. The highest BCUT2D eigenvalue weighted by molar-refractivity contribution is 9.10. The number of aryl methyl sites for hydroxylation is 1. The van der Waals surface area contributed by atoms with Crippen molar-refractivity contribution >= 4 is 28.1 Å². The van der Waals surface area contributed by atoms with Gasteiger partial charge in [0.1, 0.15) is 10.3 Å². The summed E-state index contributed by atoms with van der Waals surface area (Å²) in [6, 6.07) is 3.86. The Labute approximate surface area is 125 Å². The number of H-pyrrole nitrogens is 1. The third-order valence-electron chi connectivity index (χ3n) is 3.44. The standard InChI is InChI=1S/C14H14BrN3S/c15-10-6-4-8-16-12(10)13-17-11-7-3-1-2-5-9(11)14(19)18-13/h4,6,8H,1-3,5,7H2,(H,17,18,19). The lowest BCUT2D eigenvalue weighted by Crippen LogP contribution is -2.03. The van der Waals surface area contributed by atoms with E-state index in [4.69, 9.17) is 12.2 Å². The number of rotatable bonds is 1. The Hall–Kier alpha value is -1.07. The Kier molecular flexibility index (Phi) is 3.75. The minimum absolute atomic E-state index is 0.725. The number of hydrogen-bond donors (Lipinski definition) is 1. The molecule has 0 saturated carbocycles. The number of hydrogen-bond acceptors (Lipinski definition) is 3. The molecule has 3 rings (SSSR count). The van der Waals surface area contributed by atoms with Gasteiger partial charge in [-0.1, -0.05) is 18.6 Å². The Bertz CT molecular complexity index is 666. The van der Waals surface area contributed by atoms with Crippen molar-refractivity contribution in [1.82, 2.24) is 15.0 Å². The van der Waals surface area contributed by atoms with Gasteiger partial charge in [-0.05, 0) is 53.7 Å². The molecule has 1 N–H and O–H groups in total. The normalized spacial score (nSPS) is 14.8. The van der Waals surface area contributed by atoms with Crippen molar-refractivity contribution in [3.05, 3.63) is 38.7 Å². The minimum Gasteiger partial charge on any atom is -0.342 e. The summed E-state index contributed by atoms with van der Waals surface area (Å²) in [4.78, 5) is 12.3. The van der Waals surface area contributed by atoms with Crippen LogP contribution in [0.15, 0.2) is 22.8 Å². The monoisotopic (exact) mass is 335 g/mol. The maximum absolute atomic E-state index is 5.46. The van der Waals surface area contributed by atoms with Crippen LogP contribution in [-0.4, -0.2) is 15.0 Å². The molecule has 0 amide bonds. The number of pyridine rings is 1. The molecular weight excluding hydrogens is 322 g/mol. The number of halogens is 1. The van der Waals surface area contributed by atoms with E-state index in [0.717, 1.165) is 33.5 Å². The maximum Gasteiger partial charge on any atom is 0.159 e. The van der Waals surface area contributed by atoms with E-state index in [1.165, 1.54) is 30.5 Å². The molecule has 0 unspecified atom stereocenters. The van der Waals surface area contributed by atoms with Crippen LogP contribution in [0.2, 0.25) is 0 Å². The van der Waals surface area contributed by atoms with Gasteiger partial charge in [0.2, 0.25) is 0 Å². The van der Waals surface area contributed by atoms with Crippen LogP contribution >= 0.6 is 28.1 Å². The van der Waals surface area contributed by atoms with Gasteiger partial charge in [-0.25, -0.2) is 4.98 Å². The SMILES string of the molecule is S=c1nc(-c2ncccc2Br)[nH]c2c1CCCCC2. The fourth-order valence-corrected chi connectivity index (χ4v) is 3.23. The molecule has 3 nitrogen and oxygen atoms in total. The van der Waals surface area contributed by atoms with Crippen LogP contribution in [-0.2, 0) is 12.8 Å². The Morgan fingerprint density at radius 3 is 2.89 bits per heavy atom. The van der Waals surface area contributed by atoms with E-state index in [0.29, 0.717) is 0 Å². The zero-order valence-electron chi connectivity index (χ0n) is 10.4. The van der Waals surface area contributed by atoms with Crippen LogP contribution in [0.4, 0.5) is 0 Å². The number of nitrogens with zero attached hydrogens (tertiary/aromatic N) is 2. The van der Waals surface area contributed by atoms with Crippen molar-refractivity contribution in [2.75, 3.05) is 0 Å². The van der Waals surface area contributed by atoms with Gasteiger partial charge in [-0.2, -0.15) is 0 Å². The summed E-state index contributed by atoms with van der Waals surface area (Å²) in [6.45, 7) is 0. The molecule has 2 heterocycles. The molecule has 0 aromatic carbocycles. The number of fused-ring (bicyclic) bond motifs is 1. The zero-order chi connectivity index (χ0) is 13.2. The minimum atomic E-state index is 0.725. The third kappa shape index (κ3) is 2.62. The average molecular weight is 336 g/mol. The van der Waals surface area contributed by atoms with Crippen LogP contribution in [0, 0.1) is 4.64 Å². The van der Waals surface area contributed by atoms with E-state index in [1.807, 2.05) is 12.1 Å². The van der Waals surface area contributed by atoms with Crippen LogP contribution in [0.25, 0.3) is 11.5 Å². The first-order valence-corrected chi connectivity index (χ1v) is 7.69. The third-order valence-corrected chi connectivity index (χ3v) is 4.42. The first-order chi connectivity index (χ1) is 9.25. The number of aromatic amines is 1. The predicted molar refractivity (Wildman–Crippen MR) is 81.6 cm³/mol. The van der Waals surface area contributed by atoms with Crippen LogP contribution in [0.5, 0.6) is 0 Å². The first kappa shape index (κ1) is 12.9. The van der Waals surface area contributed by atoms with Gasteiger partial charge in [0.15, 0.2) is 5.82 Å². The quantitative estimate of drug-likeness (QED) is 0.626. The molecule has 0 radical (unpaired) electrons.